The lowest BCUT2D eigenvalue weighted by Gasteiger charge is -2.00. The summed E-state index contributed by atoms with van der Waals surface area (Å²) in [6.45, 7) is 3.79. The SMILES string of the molecule is C=CCOC(=O)CCCCCBr. The van der Waals surface area contributed by atoms with Crippen LogP contribution in [0.3, 0.4) is 0 Å². The minimum absolute atomic E-state index is 0.121. The van der Waals surface area contributed by atoms with Crippen LogP contribution < -0.4 is 0 Å². The van der Waals surface area contributed by atoms with Gasteiger partial charge in [-0.25, -0.2) is 0 Å². The zero-order valence-corrected chi connectivity index (χ0v) is 8.81. The van der Waals surface area contributed by atoms with Crippen molar-refractivity contribution in [2.24, 2.45) is 0 Å². The van der Waals surface area contributed by atoms with Crippen molar-refractivity contribution in [2.45, 2.75) is 25.7 Å². The summed E-state index contributed by atoms with van der Waals surface area (Å²) in [6, 6.07) is 0. The van der Waals surface area contributed by atoms with Crippen LogP contribution in [0, 0.1) is 0 Å². The van der Waals surface area contributed by atoms with Crippen LogP contribution >= 0.6 is 15.9 Å². The van der Waals surface area contributed by atoms with E-state index in [1.54, 1.807) is 6.08 Å². The van der Waals surface area contributed by atoms with Gasteiger partial charge in [-0.2, -0.15) is 0 Å². The maximum atomic E-state index is 10.9. The second-order valence-electron chi connectivity index (χ2n) is 2.47. The van der Waals surface area contributed by atoms with E-state index >= 15 is 0 Å². The second-order valence-corrected chi connectivity index (χ2v) is 3.26. The van der Waals surface area contributed by atoms with Gasteiger partial charge >= 0.3 is 5.97 Å². The van der Waals surface area contributed by atoms with Gasteiger partial charge in [0.05, 0.1) is 0 Å². The number of carbonyl (C=O) groups excluding carboxylic acids is 1. The zero-order chi connectivity index (χ0) is 9.23. The van der Waals surface area contributed by atoms with Crippen molar-refractivity contribution < 1.29 is 9.53 Å². The molecule has 0 aromatic rings. The number of hydrogen-bond acceptors (Lipinski definition) is 2. The molecule has 0 atom stereocenters. The zero-order valence-electron chi connectivity index (χ0n) is 7.22. The smallest absolute Gasteiger partial charge is 0.306 e. The highest BCUT2D eigenvalue weighted by Gasteiger charge is 1.99. The molecule has 0 aliphatic carbocycles. The summed E-state index contributed by atoms with van der Waals surface area (Å²) < 4.78 is 4.80. The third-order valence-corrected chi connectivity index (χ3v) is 1.94. The molecule has 0 radical (unpaired) electrons. The van der Waals surface area contributed by atoms with Crippen LogP contribution in [0.1, 0.15) is 25.7 Å². The molecule has 2 nitrogen and oxygen atoms in total. The number of carbonyl (C=O) groups is 1. The van der Waals surface area contributed by atoms with Gasteiger partial charge in [0.25, 0.3) is 0 Å². The average molecular weight is 235 g/mol. The highest BCUT2D eigenvalue weighted by molar-refractivity contribution is 9.09. The van der Waals surface area contributed by atoms with Gasteiger partial charge in [0, 0.05) is 11.8 Å². The molecule has 0 unspecified atom stereocenters. The van der Waals surface area contributed by atoms with Crippen LogP contribution in [0.15, 0.2) is 12.7 Å². The maximum Gasteiger partial charge on any atom is 0.306 e. The topological polar surface area (TPSA) is 26.3 Å². The molecule has 0 rings (SSSR count). The van der Waals surface area contributed by atoms with Crippen LogP contribution in [0.4, 0.5) is 0 Å². The molecule has 0 heterocycles. The molecule has 0 spiro atoms. The Bertz CT molecular complexity index is 134. The Labute approximate surface area is 82.1 Å². The number of esters is 1. The largest absolute Gasteiger partial charge is 0.461 e. The first kappa shape index (κ1) is 11.7. The Morgan fingerprint density at radius 1 is 1.42 bits per heavy atom. The molecule has 70 valence electrons. The normalized spacial score (nSPS) is 9.42. The highest BCUT2D eigenvalue weighted by Crippen LogP contribution is 2.02. The molecule has 0 saturated heterocycles. The lowest BCUT2D eigenvalue weighted by Crippen LogP contribution is -2.03. The van der Waals surface area contributed by atoms with Gasteiger partial charge in [0.1, 0.15) is 6.61 Å². The van der Waals surface area contributed by atoms with E-state index in [0.717, 1.165) is 24.6 Å². The van der Waals surface area contributed by atoms with Crippen molar-refractivity contribution in [1.29, 1.82) is 0 Å². The molecular weight excluding hydrogens is 220 g/mol. The van der Waals surface area contributed by atoms with Crippen molar-refractivity contribution in [2.75, 3.05) is 11.9 Å². The number of rotatable bonds is 7. The van der Waals surface area contributed by atoms with E-state index in [4.69, 9.17) is 4.74 Å². The fraction of sp³-hybridized carbons (Fsp3) is 0.667. The number of hydrogen-bond donors (Lipinski definition) is 0. The van der Waals surface area contributed by atoms with Gasteiger partial charge < -0.3 is 4.74 Å². The second kappa shape index (κ2) is 8.78. The average Bonchev–Trinajstić information content (AvgIpc) is 2.09. The first-order valence-corrected chi connectivity index (χ1v) is 5.26. The molecule has 0 fully saturated rings. The van der Waals surface area contributed by atoms with Crippen LogP contribution in [0.25, 0.3) is 0 Å². The summed E-state index contributed by atoms with van der Waals surface area (Å²) in [5, 5.41) is 1.01. The Balaban J connectivity index is 3.13. The van der Waals surface area contributed by atoms with Crippen LogP contribution in [0.2, 0.25) is 0 Å². The van der Waals surface area contributed by atoms with E-state index in [9.17, 15) is 4.79 Å². The third kappa shape index (κ3) is 7.79. The van der Waals surface area contributed by atoms with Gasteiger partial charge in [-0.3, -0.25) is 4.79 Å². The van der Waals surface area contributed by atoms with E-state index < -0.39 is 0 Å². The van der Waals surface area contributed by atoms with E-state index in [2.05, 4.69) is 22.5 Å². The molecule has 0 saturated carbocycles. The quantitative estimate of drug-likeness (QED) is 0.293. The van der Waals surface area contributed by atoms with Crippen LogP contribution in [-0.2, 0) is 9.53 Å². The van der Waals surface area contributed by atoms with Crippen molar-refractivity contribution >= 4 is 21.9 Å². The Hall–Kier alpha value is -0.310. The molecule has 0 aliphatic rings. The molecule has 0 aliphatic heterocycles. The van der Waals surface area contributed by atoms with Gasteiger partial charge in [0.15, 0.2) is 0 Å². The Morgan fingerprint density at radius 2 is 2.17 bits per heavy atom. The predicted octanol–water partition coefficient (Wildman–Crippen LogP) is 2.67. The molecule has 12 heavy (non-hydrogen) atoms. The predicted molar refractivity (Wildman–Crippen MR) is 53.4 cm³/mol. The molecule has 0 bridgehead atoms. The maximum absolute atomic E-state index is 10.9. The fourth-order valence-corrected chi connectivity index (χ4v) is 1.16. The monoisotopic (exact) mass is 234 g/mol. The number of unbranched alkanes of at least 4 members (excludes halogenated alkanes) is 2. The number of ether oxygens (including phenoxy) is 1. The fourth-order valence-electron chi connectivity index (χ4n) is 0.765. The standard InChI is InChI=1S/C9H15BrO2/c1-2-8-12-9(11)6-4-3-5-7-10/h2H,1,3-8H2. The Morgan fingerprint density at radius 3 is 2.75 bits per heavy atom. The van der Waals surface area contributed by atoms with E-state index in [1.807, 2.05) is 0 Å². The summed E-state index contributed by atoms with van der Waals surface area (Å²) in [4.78, 5) is 10.9. The van der Waals surface area contributed by atoms with E-state index in [1.165, 1.54) is 0 Å². The van der Waals surface area contributed by atoms with Gasteiger partial charge in [-0.1, -0.05) is 35.0 Å². The van der Waals surface area contributed by atoms with Gasteiger partial charge in [-0.15, -0.1) is 0 Å². The van der Waals surface area contributed by atoms with Gasteiger partial charge in [0.2, 0.25) is 0 Å². The van der Waals surface area contributed by atoms with Crippen LogP contribution in [-0.4, -0.2) is 17.9 Å². The number of alkyl halides is 1. The lowest BCUT2D eigenvalue weighted by atomic mass is 10.2. The van der Waals surface area contributed by atoms with E-state index in [-0.39, 0.29) is 5.97 Å². The molecule has 0 N–H and O–H groups in total. The highest BCUT2D eigenvalue weighted by atomic mass is 79.9. The van der Waals surface area contributed by atoms with Crippen LogP contribution in [0.5, 0.6) is 0 Å². The summed E-state index contributed by atoms with van der Waals surface area (Å²) in [6.07, 6.45) is 5.22. The molecule has 3 heteroatoms. The van der Waals surface area contributed by atoms with Crippen molar-refractivity contribution in [3.8, 4) is 0 Å². The molecule has 0 aromatic heterocycles. The summed E-state index contributed by atoms with van der Waals surface area (Å²) in [7, 11) is 0. The Kier molecular flexibility index (Phi) is 8.56. The number of halogens is 1. The first-order valence-electron chi connectivity index (χ1n) is 4.13. The summed E-state index contributed by atoms with van der Waals surface area (Å²) >= 11 is 3.33. The first-order chi connectivity index (χ1) is 5.81. The van der Waals surface area contributed by atoms with Crippen molar-refractivity contribution in [3.05, 3.63) is 12.7 Å². The minimum atomic E-state index is -0.121. The van der Waals surface area contributed by atoms with E-state index in [0.29, 0.717) is 13.0 Å². The molecule has 0 amide bonds. The molecule has 0 aromatic carbocycles. The summed E-state index contributed by atoms with van der Waals surface area (Å²) in [5.41, 5.74) is 0. The lowest BCUT2D eigenvalue weighted by molar-refractivity contribution is -0.142. The minimum Gasteiger partial charge on any atom is -0.461 e. The molecular formula is C9H15BrO2. The van der Waals surface area contributed by atoms with Crippen molar-refractivity contribution in [3.63, 3.8) is 0 Å². The van der Waals surface area contributed by atoms with Crippen molar-refractivity contribution in [1.82, 2.24) is 0 Å². The summed E-state index contributed by atoms with van der Waals surface area (Å²) in [5.74, 6) is -0.121. The van der Waals surface area contributed by atoms with Gasteiger partial charge in [-0.05, 0) is 12.8 Å². The third-order valence-electron chi connectivity index (χ3n) is 1.38.